The molecule has 0 unspecified atom stereocenters. The number of phenolic OH excluding ortho intramolecular Hbond substituents is 1. The maximum Gasteiger partial charge on any atom is 0.336 e. The van der Waals surface area contributed by atoms with Crippen molar-refractivity contribution in [3.63, 3.8) is 0 Å². The molecule has 1 aromatic carbocycles. The van der Waals surface area contributed by atoms with Crippen molar-refractivity contribution >= 4 is 0 Å². The fourth-order valence-corrected chi connectivity index (χ4v) is 1.83. The van der Waals surface area contributed by atoms with Crippen molar-refractivity contribution in [1.29, 1.82) is 0 Å². The third-order valence-corrected chi connectivity index (χ3v) is 2.71. The van der Waals surface area contributed by atoms with Crippen molar-refractivity contribution < 1.29 is 19.0 Å². The third kappa shape index (κ3) is 2.54. The second-order valence-corrected chi connectivity index (χ2v) is 4.01. The Labute approximate surface area is 110 Å². The molecule has 0 saturated heterocycles. The van der Waals surface area contributed by atoms with Gasteiger partial charge in [0.25, 0.3) is 0 Å². The molecule has 0 atom stereocenters. The van der Waals surface area contributed by atoms with Gasteiger partial charge in [-0.1, -0.05) is 0 Å². The maximum absolute atomic E-state index is 11.4. The quantitative estimate of drug-likeness (QED) is 0.919. The Balaban J connectivity index is 2.65. The second kappa shape index (κ2) is 5.06. The zero-order valence-corrected chi connectivity index (χ0v) is 10.9. The van der Waals surface area contributed by atoms with E-state index in [4.69, 9.17) is 13.9 Å². The van der Waals surface area contributed by atoms with Gasteiger partial charge in [0.05, 0.1) is 14.2 Å². The summed E-state index contributed by atoms with van der Waals surface area (Å²) in [7, 11) is 2.89. The summed E-state index contributed by atoms with van der Waals surface area (Å²) in [6.45, 7) is 1.69. The van der Waals surface area contributed by atoms with E-state index in [9.17, 15) is 9.90 Å². The Hall–Kier alpha value is -2.43. The van der Waals surface area contributed by atoms with Crippen molar-refractivity contribution in [1.82, 2.24) is 0 Å². The molecule has 1 aromatic heterocycles. The Morgan fingerprint density at radius 1 is 1.00 bits per heavy atom. The molecule has 2 aromatic rings. The van der Waals surface area contributed by atoms with E-state index in [1.54, 1.807) is 25.1 Å². The Morgan fingerprint density at radius 2 is 1.53 bits per heavy atom. The Kier molecular flexibility index (Phi) is 3.46. The van der Waals surface area contributed by atoms with E-state index >= 15 is 0 Å². The van der Waals surface area contributed by atoms with Gasteiger partial charge in [-0.05, 0) is 36.2 Å². The summed E-state index contributed by atoms with van der Waals surface area (Å²) < 4.78 is 15.1. The average Bonchev–Trinajstić information content (AvgIpc) is 2.37. The monoisotopic (exact) mass is 262 g/mol. The van der Waals surface area contributed by atoms with Crippen molar-refractivity contribution in [3.8, 4) is 28.4 Å². The van der Waals surface area contributed by atoms with Crippen LogP contribution in [-0.4, -0.2) is 19.3 Å². The van der Waals surface area contributed by atoms with Crippen LogP contribution in [0.25, 0.3) is 11.1 Å². The average molecular weight is 262 g/mol. The number of methoxy groups -OCH3 is 2. The summed E-state index contributed by atoms with van der Waals surface area (Å²) in [5.41, 5.74) is 0.939. The number of phenols is 1. The van der Waals surface area contributed by atoms with Gasteiger partial charge < -0.3 is 19.0 Å². The molecule has 5 nitrogen and oxygen atoms in total. The van der Waals surface area contributed by atoms with Crippen molar-refractivity contribution in [2.75, 3.05) is 14.2 Å². The van der Waals surface area contributed by atoms with Gasteiger partial charge in [-0.2, -0.15) is 0 Å². The fraction of sp³-hybridized carbons (Fsp3) is 0.214. The first-order valence-electron chi connectivity index (χ1n) is 5.62. The Bertz CT molecular complexity index is 632. The van der Waals surface area contributed by atoms with Crippen molar-refractivity contribution in [2.45, 2.75) is 6.92 Å². The first-order valence-corrected chi connectivity index (χ1v) is 5.62. The van der Waals surface area contributed by atoms with E-state index in [1.807, 2.05) is 0 Å². The van der Waals surface area contributed by atoms with E-state index in [-0.39, 0.29) is 17.2 Å². The van der Waals surface area contributed by atoms with Gasteiger partial charge in [0.2, 0.25) is 5.75 Å². The zero-order valence-electron chi connectivity index (χ0n) is 10.9. The minimum Gasteiger partial charge on any atom is -0.502 e. The lowest BCUT2D eigenvalue weighted by Crippen LogP contribution is -1.98. The minimum absolute atomic E-state index is 0.0755. The van der Waals surface area contributed by atoms with Crippen LogP contribution < -0.4 is 15.1 Å². The number of benzene rings is 1. The molecule has 0 spiro atoms. The predicted octanol–water partition coefficient (Wildman–Crippen LogP) is 2.34. The standard InChI is InChI=1S/C14H14O5/c1-8-4-9(7-13(15)19-8)10-5-11(17-2)14(16)12(6-10)18-3/h4-7,16H,1-3H3. The number of aromatic hydroxyl groups is 1. The number of hydrogen-bond acceptors (Lipinski definition) is 5. The molecule has 0 aliphatic carbocycles. The van der Waals surface area contributed by atoms with Crippen molar-refractivity contribution in [2.24, 2.45) is 0 Å². The molecule has 19 heavy (non-hydrogen) atoms. The van der Waals surface area contributed by atoms with Gasteiger partial charge in [-0.3, -0.25) is 0 Å². The topological polar surface area (TPSA) is 68.9 Å². The minimum atomic E-state index is -0.430. The van der Waals surface area contributed by atoms with Gasteiger partial charge in [-0.25, -0.2) is 4.79 Å². The summed E-state index contributed by atoms with van der Waals surface area (Å²) in [5.74, 6) is 0.988. The molecule has 0 amide bonds. The van der Waals surface area contributed by atoms with Crippen LogP contribution in [0.3, 0.4) is 0 Å². The number of aryl methyl sites for hydroxylation is 1. The van der Waals surface area contributed by atoms with Gasteiger partial charge in [0.15, 0.2) is 11.5 Å². The van der Waals surface area contributed by atoms with Crippen LogP contribution in [0.2, 0.25) is 0 Å². The molecule has 0 saturated carbocycles. The number of hydrogen-bond donors (Lipinski definition) is 1. The van der Waals surface area contributed by atoms with E-state index in [2.05, 4.69) is 0 Å². The lowest BCUT2D eigenvalue weighted by atomic mass is 10.1. The molecule has 0 aliphatic heterocycles. The van der Waals surface area contributed by atoms with E-state index in [0.717, 1.165) is 0 Å². The Morgan fingerprint density at radius 3 is 2.00 bits per heavy atom. The van der Waals surface area contributed by atoms with Gasteiger partial charge in [0, 0.05) is 6.07 Å². The lowest BCUT2D eigenvalue weighted by Gasteiger charge is -2.11. The highest BCUT2D eigenvalue weighted by molar-refractivity contribution is 5.70. The van der Waals surface area contributed by atoms with Crippen LogP contribution >= 0.6 is 0 Å². The molecule has 0 aliphatic rings. The number of rotatable bonds is 3. The SMILES string of the molecule is COc1cc(-c2cc(C)oc(=O)c2)cc(OC)c1O. The first-order chi connectivity index (χ1) is 9.05. The molecule has 2 rings (SSSR count). The summed E-state index contributed by atoms with van der Waals surface area (Å²) in [6.07, 6.45) is 0. The highest BCUT2D eigenvalue weighted by Gasteiger charge is 2.13. The van der Waals surface area contributed by atoms with Crippen LogP contribution in [0.5, 0.6) is 17.2 Å². The predicted molar refractivity (Wildman–Crippen MR) is 69.9 cm³/mol. The smallest absolute Gasteiger partial charge is 0.336 e. The fourth-order valence-electron chi connectivity index (χ4n) is 1.83. The number of ether oxygens (including phenoxy) is 2. The molecule has 1 heterocycles. The summed E-state index contributed by atoms with van der Waals surface area (Å²) >= 11 is 0. The summed E-state index contributed by atoms with van der Waals surface area (Å²) in [6, 6.07) is 6.36. The van der Waals surface area contributed by atoms with E-state index < -0.39 is 5.63 Å². The summed E-state index contributed by atoms with van der Waals surface area (Å²) in [5, 5.41) is 9.84. The summed E-state index contributed by atoms with van der Waals surface area (Å²) in [4.78, 5) is 11.4. The molecular weight excluding hydrogens is 248 g/mol. The van der Waals surface area contributed by atoms with E-state index in [0.29, 0.717) is 16.9 Å². The van der Waals surface area contributed by atoms with Gasteiger partial charge in [0.1, 0.15) is 5.76 Å². The molecule has 5 heteroatoms. The normalized spacial score (nSPS) is 10.3. The zero-order chi connectivity index (χ0) is 14.0. The van der Waals surface area contributed by atoms with Crippen LogP contribution in [0.15, 0.2) is 33.5 Å². The lowest BCUT2D eigenvalue weighted by molar-refractivity contribution is 0.340. The van der Waals surface area contributed by atoms with Crippen LogP contribution in [0, 0.1) is 6.92 Å². The molecule has 100 valence electrons. The maximum atomic E-state index is 11.4. The van der Waals surface area contributed by atoms with Crippen LogP contribution in [-0.2, 0) is 0 Å². The largest absolute Gasteiger partial charge is 0.502 e. The van der Waals surface area contributed by atoms with Crippen molar-refractivity contribution in [3.05, 3.63) is 40.4 Å². The highest BCUT2D eigenvalue weighted by atomic mass is 16.5. The molecule has 0 fully saturated rings. The van der Waals surface area contributed by atoms with Gasteiger partial charge >= 0.3 is 5.63 Å². The molecular formula is C14H14O5. The van der Waals surface area contributed by atoms with Crippen LogP contribution in [0.1, 0.15) is 5.76 Å². The second-order valence-electron chi connectivity index (χ2n) is 4.01. The molecule has 0 bridgehead atoms. The van der Waals surface area contributed by atoms with E-state index in [1.165, 1.54) is 20.3 Å². The van der Waals surface area contributed by atoms with Crippen LogP contribution in [0.4, 0.5) is 0 Å². The van der Waals surface area contributed by atoms with Gasteiger partial charge in [-0.15, -0.1) is 0 Å². The third-order valence-electron chi connectivity index (χ3n) is 2.71. The first kappa shape index (κ1) is 13.0. The highest BCUT2D eigenvalue weighted by Crippen LogP contribution is 2.40. The molecule has 0 radical (unpaired) electrons. The molecule has 1 N–H and O–H groups in total.